The monoisotopic (exact) mass is 836 g/mol. The molecule has 3 aromatic rings. The summed E-state index contributed by atoms with van der Waals surface area (Å²) in [5, 5.41) is 6.82. The van der Waals surface area contributed by atoms with Crippen molar-refractivity contribution in [3.63, 3.8) is 0 Å². The van der Waals surface area contributed by atoms with Gasteiger partial charge < -0.3 is 29.7 Å². The quantitative estimate of drug-likeness (QED) is 0.0571. The number of Topliss-reactive ketones (excluding diaryl/α,β-unsaturated/α-hetero) is 1. The van der Waals surface area contributed by atoms with Crippen LogP contribution in [0.1, 0.15) is 160 Å². The molecule has 1 saturated heterocycles. The van der Waals surface area contributed by atoms with Crippen LogP contribution >= 0.6 is 0 Å². The summed E-state index contributed by atoms with van der Waals surface area (Å²) >= 11 is 0. The van der Waals surface area contributed by atoms with Crippen LogP contribution in [0.15, 0.2) is 29.6 Å². The van der Waals surface area contributed by atoms with Crippen molar-refractivity contribution < 1.29 is 23.9 Å². The maximum atomic E-state index is 14.3. The molecule has 8 bridgehead atoms. The van der Waals surface area contributed by atoms with Crippen molar-refractivity contribution in [2.24, 2.45) is 29.6 Å². The number of carbonyl (C=O) groups excluding carboxylic acids is 3. The van der Waals surface area contributed by atoms with E-state index >= 15 is 0 Å². The normalized spacial score (nSPS) is 22.2. The molecule has 1 aliphatic carbocycles. The summed E-state index contributed by atoms with van der Waals surface area (Å²) in [6, 6.07) is 0. The molecular weight excluding hydrogens is 773 g/mol. The van der Waals surface area contributed by atoms with Gasteiger partial charge in [-0.05, 0) is 88.7 Å². The minimum Gasteiger partial charge on any atom is -0.664 e. The van der Waals surface area contributed by atoms with Crippen LogP contribution in [0.2, 0.25) is 0 Å². The Labute approximate surface area is 379 Å². The second-order valence-corrected chi connectivity index (χ2v) is 17.5. The second-order valence-electron chi connectivity index (χ2n) is 17.5. The summed E-state index contributed by atoms with van der Waals surface area (Å²) in [4.78, 5) is 56.4. The van der Waals surface area contributed by atoms with Crippen LogP contribution in [-0.4, -0.2) is 54.5 Å². The maximum absolute atomic E-state index is 14.3. The van der Waals surface area contributed by atoms with Gasteiger partial charge >= 0.3 is 35.0 Å². The van der Waals surface area contributed by atoms with E-state index in [-0.39, 0.29) is 59.7 Å². The number of methoxy groups -OCH3 is 1. The number of esters is 2. The molecular formula is C51H64MgN4O5-2. The minimum absolute atomic E-state index is 0. The van der Waals surface area contributed by atoms with Gasteiger partial charge in [0, 0.05) is 12.0 Å². The molecule has 5 heterocycles. The van der Waals surface area contributed by atoms with Crippen LogP contribution in [0.5, 0.6) is 0 Å². The molecule has 10 heteroatoms. The number of ether oxygens (including phenoxy) is 2. The van der Waals surface area contributed by atoms with Gasteiger partial charge in [-0.1, -0.05) is 131 Å². The van der Waals surface area contributed by atoms with Crippen molar-refractivity contribution in [2.45, 2.75) is 127 Å². The number of fused-ring (bicyclic) bond motifs is 7. The van der Waals surface area contributed by atoms with E-state index in [0.29, 0.717) is 40.2 Å². The first-order valence-electron chi connectivity index (χ1n) is 22.2. The van der Waals surface area contributed by atoms with Crippen LogP contribution in [0.4, 0.5) is 0 Å². The standard InChI is InChI=1S/C51H65N4O5.Mg/c1-12-28(4)17-15-18-29(5)19-16-20-30(6)23-24-60-44(56)22-21-37-33(9)40-25-38-31(7)35(13-2)42(52-38)26-39-32(8)36(14-3)43(53-39)27-41-34(10)45-49(55-41)46(48(37)54-40)47(50(45)57)51(58)59-11;/h13,23,25-29,33,37,47H,2,12,14-22,24H2,1,3-11H3,(H-,54,55,57);/q-3;+2/p-1/b30-23+,39-26-,40-25-,43-27-;/t28-,29-,33+,37+,47-;/m1./s1. The van der Waals surface area contributed by atoms with Gasteiger partial charge in [0.15, 0.2) is 5.78 Å². The maximum Gasteiger partial charge on any atom is 2.00 e. The number of aromatic nitrogens is 3. The zero-order valence-electron chi connectivity index (χ0n) is 38.3. The van der Waals surface area contributed by atoms with Crippen molar-refractivity contribution in [1.29, 1.82) is 0 Å². The van der Waals surface area contributed by atoms with Gasteiger partial charge in [0.1, 0.15) is 12.5 Å². The van der Waals surface area contributed by atoms with E-state index in [9.17, 15) is 14.4 Å². The third kappa shape index (κ3) is 10.0. The Bertz CT molecular complexity index is 2370. The first kappa shape index (κ1) is 47.8. The predicted octanol–water partition coefficient (Wildman–Crippen LogP) is 8.95. The second kappa shape index (κ2) is 20.7. The first-order chi connectivity index (χ1) is 28.7. The molecule has 0 radical (unpaired) electrons. The van der Waals surface area contributed by atoms with Gasteiger partial charge in [0.25, 0.3) is 0 Å². The Kier molecular flexibility index (Phi) is 16.2. The number of hydrogen-bond acceptors (Lipinski definition) is 5. The topological polar surface area (TPSA) is 126 Å². The van der Waals surface area contributed by atoms with Crippen molar-refractivity contribution in [3.05, 3.63) is 102 Å². The number of hydrogen-bond donors (Lipinski definition) is 0. The Morgan fingerprint density at radius 1 is 0.885 bits per heavy atom. The van der Waals surface area contributed by atoms with E-state index in [0.717, 1.165) is 81.1 Å². The molecule has 0 aromatic carbocycles. The van der Waals surface area contributed by atoms with E-state index in [1.54, 1.807) is 0 Å². The Balaban J connectivity index is 0.00000704. The van der Waals surface area contributed by atoms with E-state index in [2.05, 4.69) is 55.0 Å². The van der Waals surface area contributed by atoms with Gasteiger partial charge in [-0.25, -0.2) is 0 Å². The van der Waals surface area contributed by atoms with E-state index in [1.807, 2.05) is 44.2 Å². The summed E-state index contributed by atoms with van der Waals surface area (Å²) in [5.41, 5.74) is 10.7. The summed E-state index contributed by atoms with van der Waals surface area (Å²) in [6.45, 7) is 23.5. The number of nitrogens with zero attached hydrogens (tertiary/aromatic N) is 4. The van der Waals surface area contributed by atoms with Gasteiger partial charge in [-0.3, -0.25) is 14.4 Å². The summed E-state index contributed by atoms with van der Waals surface area (Å²) < 4.78 is 11.0. The van der Waals surface area contributed by atoms with Crippen LogP contribution in [-0.2, 0) is 25.5 Å². The molecule has 0 unspecified atom stereocenters. The molecule has 2 aliphatic heterocycles. The average Bonchev–Trinajstić information content (AvgIpc) is 3.97. The van der Waals surface area contributed by atoms with E-state index in [4.69, 9.17) is 29.7 Å². The zero-order chi connectivity index (χ0) is 43.4. The third-order valence-electron chi connectivity index (χ3n) is 13.4. The van der Waals surface area contributed by atoms with Gasteiger partial charge in [0.05, 0.1) is 7.11 Å². The van der Waals surface area contributed by atoms with Gasteiger partial charge in [-0.2, -0.15) is 11.4 Å². The Morgan fingerprint density at radius 2 is 1.57 bits per heavy atom. The van der Waals surface area contributed by atoms with Crippen molar-refractivity contribution in [2.75, 3.05) is 13.7 Å². The van der Waals surface area contributed by atoms with Crippen molar-refractivity contribution in [1.82, 2.24) is 15.0 Å². The van der Waals surface area contributed by atoms with E-state index < -0.39 is 11.9 Å². The molecule has 1 fully saturated rings. The molecule has 3 aromatic heterocycles. The molecule has 5 atom stereocenters. The summed E-state index contributed by atoms with van der Waals surface area (Å²) in [5.74, 6) is -1.51. The fraction of sp³-hybridized carbons (Fsp3) is 0.510. The molecule has 6 rings (SSSR count). The fourth-order valence-electron chi connectivity index (χ4n) is 9.27. The molecule has 3 aliphatic rings. The molecule has 322 valence electrons. The largest absolute Gasteiger partial charge is 2.00 e. The number of carbonyl (C=O) groups is 3. The number of rotatable bonds is 17. The molecule has 0 amide bonds. The molecule has 61 heavy (non-hydrogen) atoms. The van der Waals surface area contributed by atoms with Crippen LogP contribution in [0.25, 0.3) is 35.2 Å². The minimum atomic E-state index is -1.22. The SMILES string of the molecule is C=Cc1c2[n-]c(c1C)/C=C1\[N-]/C(=C3\c4[n-]c(c(C)c4C(=O)[C@@H]3C(=O)OC)/C=c3\[n-]/c(c(C)c3CC)=C\2)[C@@H](CCC(=O)OC/C=C(\C)CCC[C@H](C)CCC[C@H](C)CC)[C@@H]1C.[Mg+2]. The Morgan fingerprint density at radius 3 is 2.26 bits per heavy atom. The smallest absolute Gasteiger partial charge is 0.664 e. The molecule has 0 spiro atoms. The van der Waals surface area contributed by atoms with Crippen molar-refractivity contribution >= 4 is 70.7 Å². The average molecular weight is 837 g/mol. The zero-order valence-corrected chi connectivity index (χ0v) is 39.7. The van der Waals surface area contributed by atoms with Gasteiger partial charge in [-0.15, -0.1) is 33.5 Å². The first-order valence-corrected chi connectivity index (χ1v) is 22.2. The molecule has 9 nitrogen and oxygen atoms in total. The molecule has 0 N–H and O–H groups in total. The fourth-order valence-corrected chi connectivity index (χ4v) is 9.27. The third-order valence-corrected chi connectivity index (χ3v) is 13.4. The predicted molar refractivity (Wildman–Crippen MR) is 246 cm³/mol. The molecule has 0 saturated carbocycles. The number of ketones is 1. The van der Waals surface area contributed by atoms with Crippen LogP contribution in [0.3, 0.4) is 0 Å². The Hall–Kier alpha value is -4.28. The van der Waals surface area contributed by atoms with Crippen LogP contribution < -0.4 is 25.7 Å². The van der Waals surface area contributed by atoms with Crippen LogP contribution in [0, 0.1) is 50.4 Å². The summed E-state index contributed by atoms with van der Waals surface area (Å²) in [7, 11) is 1.29. The van der Waals surface area contributed by atoms with E-state index in [1.165, 1.54) is 44.8 Å². The summed E-state index contributed by atoms with van der Waals surface area (Å²) in [6.07, 6.45) is 19.5. The van der Waals surface area contributed by atoms with Gasteiger partial charge in [0.2, 0.25) is 0 Å². The van der Waals surface area contributed by atoms with Crippen molar-refractivity contribution in [3.8, 4) is 0 Å². The number of allylic oxidation sites excluding steroid dienone is 3.